The number of likely N-dealkylation sites (tertiary alicyclic amines) is 1. The van der Waals surface area contributed by atoms with Gasteiger partial charge in [0.1, 0.15) is 0 Å². The highest BCUT2D eigenvalue weighted by Crippen LogP contribution is 2.29. The van der Waals surface area contributed by atoms with Crippen LogP contribution in [0.15, 0.2) is 0 Å². The van der Waals surface area contributed by atoms with Gasteiger partial charge in [-0.2, -0.15) is 0 Å². The molecule has 0 aromatic heterocycles. The van der Waals surface area contributed by atoms with Crippen LogP contribution in [0, 0.1) is 5.92 Å². The number of nitrogens with zero attached hydrogens (tertiary/aromatic N) is 1. The highest BCUT2D eigenvalue weighted by atomic mass is 15.2. The summed E-state index contributed by atoms with van der Waals surface area (Å²) in [7, 11) is 2.16. The summed E-state index contributed by atoms with van der Waals surface area (Å²) in [6.07, 6.45) is 11.0. The molecule has 20 heavy (non-hydrogen) atoms. The van der Waals surface area contributed by atoms with E-state index in [2.05, 4.69) is 45.0 Å². The van der Waals surface area contributed by atoms with Gasteiger partial charge in [-0.15, -0.1) is 0 Å². The molecule has 120 valence electrons. The molecule has 1 rings (SSSR count). The Hall–Kier alpha value is -0.0800. The van der Waals surface area contributed by atoms with E-state index in [0.29, 0.717) is 6.04 Å². The molecular formula is C18H38N2. The molecule has 2 atom stereocenters. The van der Waals surface area contributed by atoms with Crippen LogP contribution in [0.3, 0.4) is 0 Å². The van der Waals surface area contributed by atoms with Crippen molar-refractivity contribution in [2.45, 2.75) is 90.6 Å². The molecule has 0 aromatic carbocycles. The van der Waals surface area contributed by atoms with Crippen LogP contribution < -0.4 is 5.32 Å². The summed E-state index contributed by atoms with van der Waals surface area (Å²) in [4.78, 5) is 2.73. The van der Waals surface area contributed by atoms with Gasteiger partial charge in [0.15, 0.2) is 0 Å². The minimum absolute atomic E-state index is 0.287. The average molecular weight is 283 g/mol. The normalized spacial score (nSPS) is 20.9. The predicted octanol–water partition coefficient (Wildman–Crippen LogP) is 4.45. The van der Waals surface area contributed by atoms with Crippen molar-refractivity contribution < 1.29 is 0 Å². The van der Waals surface area contributed by atoms with E-state index < -0.39 is 0 Å². The van der Waals surface area contributed by atoms with E-state index in [1.54, 1.807) is 0 Å². The highest BCUT2D eigenvalue weighted by Gasteiger charge is 2.35. The van der Waals surface area contributed by atoms with Crippen molar-refractivity contribution in [3.63, 3.8) is 0 Å². The molecule has 0 spiro atoms. The largest absolute Gasteiger partial charge is 0.315 e. The van der Waals surface area contributed by atoms with Crippen LogP contribution in [-0.4, -0.2) is 36.6 Å². The van der Waals surface area contributed by atoms with Gasteiger partial charge in [-0.3, -0.25) is 4.90 Å². The van der Waals surface area contributed by atoms with Gasteiger partial charge in [0.25, 0.3) is 0 Å². The lowest BCUT2D eigenvalue weighted by Crippen LogP contribution is -2.58. The number of hydrogen-bond acceptors (Lipinski definition) is 2. The minimum Gasteiger partial charge on any atom is -0.315 e. The quantitative estimate of drug-likeness (QED) is 0.672. The Bertz CT molecular complexity index is 244. The number of rotatable bonds is 9. The SMILES string of the molecule is CCCCC(CC)CC(NC)C(C)(C)N1CCCCC1. The third-order valence-electron chi connectivity index (χ3n) is 5.48. The van der Waals surface area contributed by atoms with Crippen molar-refractivity contribution in [2.75, 3.05) is 20.1 Å². The number of nitrogens with one attached hydrogen (secondary N) is 1. The van der Waals surface area contributed by atoms with Crippen molar-refractivity contribution >= 4 is 0 Å². The van der Waals surface area contributed by atoms with E-state index in [1.165, 1.54) is 64.5 Å². The van der Waals surface area contributed by atoms with Crippen LogP contribution in [0.2, 0.25) is 0 Å². The number of likely N-dealkylation sites (N-methyl/N-ethyl adjacent to an activating group) is 1. The summed E-state index contributed by atoms with van der Waals surface area (Å²) in [6.45, 7) is 12.1. The van der Waals surface area contributed by atoms with Crippen molar-refractivity contribution in [1.82, 2.24) is 10.2 Å². The first-order valence-electron chi connectivity index (χ1n) is 8.98. The first-order valence-corrected chi connectivity index (χ1v) is 8.98. The number of unbranched alkanes of at least 4 members (excludes halogenated alkanes) is 1. The fourth-order valence-electron chi connectivity index (χ4n) is 3.76. The topological polar surface area (TPSA) is 15.3 Å². The molecule has 0 radical (unpaired) electrons. The molecule has 1 fully saturated rings. The predicted molar refractivity (Wildman–Crippen MR) is 90.3 cm³/mol. The van der Waals surface area contributed by atoms with Gasteiger partial charge in [0.2, 0.25) is 0 Å². The molecule has 1 aliphatic rings. The van der Waals surface area contributed by atoms with Gasteiger partial charge < -0.3 is 5.32 Å². The van der Waals surface area contributed by atoms with Gasteiger partial charge >= 0.3 is 0 Å². The van der Waals surface area contributed by atoms with Gasteiger partial charge in [-0.05, 0) is 59.2 Å². The van der Waals surface area contributed by atoms with E-state index >= 15 is 0 Å². The van der Waals surface area contributed by atoms with Crippen molar-refractivity contribution in [3.8, 4) is 0 Å². The third-order valence-corrected chi connectivity index (χ3v) is 5.48. The lowest BCUT2D eigenvalue weighted by molar-refractivity contribution is 0.0541. The molecule has 1 aliphatic heterocycles. The number of hydrogen-bond donors (Lipinski definition) is 1. The molecule has 2 heteroatoms. The van der Waals surface area contributed by atoms with E-state index in [1.807, 2.05) is 0 Å². The van der Waals surface area contributed by atoms with Crippen molar-refractivity contribution in [3.05, 3.63) is 0 Å². The lowest BCUT2D eigenvalue weighted by atomic mass is 9.82. The molecule has 0 aromatic rings. The Labute approximate surface area is 127 Å². The molecule has 0 amide bonds. The smallest absolute Gasteiger partial charge is 0.0306 e. The van der Waals surface area contributed by atoms with E-state index in [-0.39, 0.29) is 5.54 Å². The second-order valence-corrected chi connectivity index (χ2v) is 7.19. The second kappa shape index (κ2) is 9.04. The molecule has 1 saturated heterocycles. The van der Waals surface area contributed by atoms with Crippen molar-refractivity contribution in [1.29, 1.82) is 0 Å². The maximum absolute atomic E-state index is 3.64. The first-order chi connectivity index (χ1) is 9.56. The van der Waals surface area contributed by atoms with E-state index in [4.69, 9.17) is 0 Å². The standard InChI is InChI=1S/C18H38N2/c1-6-8-12-16(7-2)15-17(19-5)18(3,4)20-13-10-9-11-14-20/h16-17,19H,6-15H2,1-5H3. The van der Waals surface area contributed by atoms with Crippen LogP contribution in [0.5, 0.6) is 0 Å². The summed E-state index contributed by atoms with van der Waals surface area (Å²) in [5.74, 6) is 0.886. The Kier molecular flexibility index (Phi) is 8.13. The maximum Gasteiger partial charge on any atom is 0.0306 e. The number of piperidine rings is 1. The molecule has 1 heterocycles. The zero-order chi connectivity index (χ0) is 15.0. The maximum atomic E-state index is 3.64. The zero-order valence-corrected chi connectivity index (χ0v) is 14.7. The monoisotopic (exact) mass is 282 g/mol. The summed E-state index contributed by atoms with van der Waals surface area (Å²) >= 11 is 0. The molecule has 0 saturated carbocycles. The Morgan fingerprint density at radius 3 is 2.25 bits per heavy atom. The highest BCUT2D eigenvalue weighted by molar-refractivity contribution is 4.94. The first kappa shape index (κ1) is 18.0. The summed E-state index contributed by atoms with van der Waals surface area (Å²) in [5.41, 5.74) is 0.287. The average Bonchev–Trinajstić information content (AvgIpc) is 2.48. The second-order valence-electron chi connectivity index (χ2n) is 7.19. The van der Waals surface area contributed by atoms with E-state index in [9.17, 15) is 0 Å². The minimum atomic E-state index is 0.287. The van der Waals surface area contributed by atoms with Gasteiger partial charge in [0.05, 0.1) is 0 Å². The molecule has 0 aliphatic carbocycles. The molecule has 1 N–H and O–H groups in total. The van der Waals surface area contributed by atoms with Crippen LogP contribution in [0.25, 0.3) is 0 Å². The zero-order valence-electron chi connectivity index (χ0n) is 14.7. The van der Waals surface area contributed by atoms with Crippen LogP contribution >= 0.6 is 0 Å². The summed E-state index contributed by atoms with van der Waals surface area (Å²) in [6, 6.07) is 0.613. The Morgan fingerprint density at radius 2 is 1.75 bits per heavy atom. The Morgan fingerprint density at radius 1 is 1.10 bits per heavy atom. The molecule has 2 nitrogen and oxygen atoms in total. The van der Waals surface area contributed by atoms with Gasteiger partial charge in [-0.1, -0.05) is 46.0 Å². The van der Waals surface area contributed by atoms with Gasteiger partial charge in [-0.25, -0.2) is 0 Å². The molecule has 0 bridgehead atoms. The fourth-order valence-corrected chi connectivity index (χ4v) is 3.76. The van der Waals surface area contributed by atoms with Gasteiger partial charge in [0, 0.05) is 11.6 Å². The molecule has 2 unspecified atom stereocenters. The molecular weight excluding hydrogens is 244 g/mol. The fraction of sp³-hybridized carbons (Fsp3) is 1.00. The summed E-state index contributed by atoms with van der Waals surface area (Å²) in [5, 5.41) is 3.64. The lowest BCUT2D eigenvalue weighted by Gasteiger charge is -2.47. The third kappa shape index (κ3) is 5.04. The van der Waals surface area contributed by atoms with Crippen LogP contribution in [0.1, 0.15) is 79.1 Å². The van der Waals surface area contributed by atoms with Crippen molar-refractivity contribution in [2.24, 2.45) is 5.92 Å². The summed E-state index contributed by atoms with van der Waals surface area (Å²) < 4.78 is 0. The van der Waals surface area contributed by atoms with E-state index in [0.717, 1.165) is 5.92 Å². The van der Waals surface area contributed by atoms with Crippen LogP contribution in [0.4, 0.5) is 0 Å². The van der Waals surface area contributed by atoms with Crippen LogP contribution in [-0.2, 0) is 0 Å². The Balaban J connectivity index is 2.61.